The molecule has 6 nitrogen and oxygen atoms in total. The molecule has 0 amide bonds. The van der Waals surface area contributed by atoms with Crippen molar-refractivity contribution in [2.45, 2.75) is 26.9 Å². The van der Waals surface area contributed by atoms with Crippen LogP contribution in [0, 0.1) is 25.5 Å². The van der Waals surface area contributed by atoms with E-state index in [1.165, 1.54) is 18.2 Å². The number of nitrogens with zero attached hydrogens (tertiary/aromatic N) is 4. The fourth-order valence-corrected chi connectivity index (χ4v) is 3.89. The standard InChI is InChI=1S/C23H21ClF2N6S/c1-14-22(15(2)32(29-14)12-16-5-3-6-17(25)11-16)28-23(33)27-21-9-10-31(30-21)13-18-19(24)7-4-8-20(18)26/h3-11H,12-13H2,1-2H3,(H2,27,28,30,33). The monoisotopic (exact) mass is 486 g/mol. The second-order valence-corrected chi connectivity index (χ2v) is 8.33. The second kappa shape index (κ2) is 9.68. The topological polar surface area (TPSA) is 59.7 Å². The Balaban J connectivity index is 1.42. The van der Waals surface area contributed by atoms with Gasteiger partial charge in [0.25, 0.3) is 0 Å². The SMILES string of the molecule is Cc1nn(Cc2cccc(F)c2)c(C)c1NC(=S)Nc1ccn(Cc2c(F)cccc2Cl)n1. The summed E-state index contributed by atoms with van der Waals surface area (Å²) in [6.45, 7) is 4.41. The van der Waals surface area contributed by atoms with Gasteiger partial charge in [0, 0.05) is 22.8 Å². The molecule has 0 aliphatic carbocycles. The molecular weight excluding hydrogens is 466 g/mol. The lowest BCUT2D eigenvalue weighted by atomic mass is 10.2. The number of benzene rings is 2. The number of rotatable bonds is 6. The van der Waals surface area contributed by atoms with Gasteiger partial charge in [-0.15, -0.1) is 0 Å². The molecule has 2 N–H and O–H groups in total. The molecule has 0 atom stereocenters. The minimum atomic E-state index is -0.383. The number of halogens is 3. The first-order valence-electron chi connectivity index (χ1n) is 10.1. The fraction of sp³-hybridized carbons (Fsp3) is 0.174. The van der Waals surface area contributed by atoms with Gasteiger partial charge < -0.3 is 10.6 Å². The van der Waals surface area contributed by atoms with Gasteiger partial charge >= 0.3 is 0 Å². The molecule has 33 heavy (non-hydrogen) atoms. The Morgan fingerprint density at radius 1 is 1.03 bits per heavy atom. The molecule has 2 aromatic carbocycles. The number of hydrogen-bond acceptors (Lipinski definition) is 3. The molecule has 0 aliphatic heterocycles. The van der Waals surface area contributed by atoms with Gasteiger partial charge in [-0.1, -0.05) is 29.8 Å². The van der Waals surface area contributed by atoms with Crippen LogP contribution in [0.3, 0.4) is 0 Å². The maximum atomic E-state index is 14.0. The molecular formula is C23H21ClF2N6S. The number of hydrogen-bond donors (Lipinski definition) is 2. The Labute approximate surface area is 200 Å². The van der Waals surface area contributed by atoms with Crippen molar-refractivity contribution in [2.24, 2.45) is 0 Å². The quantitative estimate of drug-likeness (QED) is 0.351. The van der Waals surface area contributed by atoms with E-state index in [4.69, 9.17) is 23.8 Å². The number of aromatic nitrogens is 4. The summed E-state index contributed by atoms with van der Waals surface area (Å²) in [5.74, 6) is -0.164. The number of nitrogens with one attached hydrogen (secondary N) is 2. The van der Waals surface area contributed by atoms with E-state index in [2.05, 4.69) is 20.8 Å². The van der Waals surface area contributed by atoms with Crippen molar-refractivity contribution in [1.82, 2.24) is 19.6 Å². The minimum Gasteiger partial charge on any atom is -0.329 e. The van der Waals surface area contributed by atoms with Crippen molar-refractivity contribution in [2.75, 3.05) is 10.6 Å². The average molecular weight is 487 g/mol. The fourth-order valence-electron chi connectivity index (χ4n) is 3.46. The van der Waals surface area contributed by atoms with Crippen molar-refractivity contribution >= 4 is 40.4 Å². The van der Waals surface area contributed by atoms with Crippen molar-refractivity contribution in [3.8, 4) is 0 Å². The maximum Gasteiger partial charge on any atom is 0.176 e. The van der Waals surface area contributed by atoms with E-state index in [0.29, 0.717) is 28.1 Å². The summed E-state index contributed by atoms with van der Waals surface area (Å²) in [4.78, 5) is 0. The molecule has 170 valence electrons. The van der Waals surface area contributed by atoms with Crippen LogP contribution in [0.4, 0.5) is 20.3 Å². The van der Waals surface area contributed by atoms with Crippen molar-refractivity contribution < 1.29 is 8.78 Å². The average Bonchev–Trinajstić information content (AvgIpc) is 3.30. The largest absolute Gasteiger partial charge is 0.329 e. The summed E-state index contributed by atoms with van der Waals surface area (Å²) in [5, 5.41) is 15.8. The first-order chi connectivity index (χ1) is 15.8. The molecule has 0 fully saturated rings. The lowest BCUT2D eigenvalue weighted by Crippen LogP contribution is -2.20. The third kappa shape index (κ3) is 5.37. The molecule has 0 spiro atoms. The smallest absolute Gasteiger partial charge is 0.176 e. The third-order valence-electron chi connectivity index (χ3n) is 5.11. The minimum absolute atomic E-state index is 0.193. The van der Waals surface area contributed by atoms with Crippen LogP contribution in [0.5, 0.6) is 0 Å². The van der Waals surface area contributed by atoms with Gasteiger partial charge in [0.05, 0.1) is 30.2 Å². The summed E-state index contributed by atoms with van der Waals surface area (Å²) in [6, 6.07) is 12.7. The van der Waals surface area contributed by atoms with Crippen LogP contribution in [-0.4, -0.2) is 24.7 Å². The Bertz CT molecular complexity index is 1300. The Kier molecular flexibility index (Phi) is 6.71. The van der Waals surface area contributed by atoms with E-state index in [0.717, 1.165) is 22.6 Å². The zero-order chi connectivity index (χ0) is 23.5. The zero-order valence-electron chi connectivity index (χ0n) is 17.9. The van der Waals surface area contributed by atoms with Gasteiger partial charge in [0.1, 0.15) is 11.6 Å². The molecule has 4 rings (SSSR count). The van der Waals surface area contributed by atoms with Crippen LogP contribution in [0.25, 0.3) is 0 Å². The predicted octanol–water partition coefficient (Wildman–Crippen LogP) is 5.53. The normalized spacial score (nSPS) is 10.9. The van der Waals surface area contributed by atoms with E-state index in [1.54, 1.807) is 39.8 Å². The van der Waals surface area contributed by atoms with Crippen LogP contribution >= 0.6 is 23.8 Å². The molecule has 10 heteroatoms. The van der Waals surface area contributed by atoms with Crippen LogP contribution < -0.4 is 10.6 Å². The number of anilines is 2. The maximum absolute atomic E-state index is 14.0. The van der Waals surface area contributed by atoms with E-state index < -0.39 is 0 Å². The molecule has 2 heterocycles. The van der Waals surface area contributed by atoms with Crippen LogP contribution in [0.1, 0.15) is 22.5 Å². The first-order valence-corrected chi connectivity index (χ1v) is 10.9. The Hall–Kier alpha value is -3.30. The van der Waals surface area contributed by atoms with Crippen molar-refractivity contribution in [3.05, 3.63) is 93.9 Å². The number of thiocarbonyl (C=S) groups is 1. The molecule has 0 radical (unpaired) electrons. The van der Waals surface area contributed by atoms with Gasteiger partial charge in [-0.2, -0.15) is 10.2 Å². The van der Waals surface area contributed by atoms with Gasteiger partial charge in [-0.3, -0.25) is 9.36 Å². The lowest BCUT2D eigenvalue weighted by molar-refractivity contribution is 0.586. The highest BCUT2D eigenvalue weighted by Gasteiger charge is 2.14. The molecule has 0 aliphatic rings. The highest BCUT2D eigenvalue weighted by Crippen LogP contribution is 2.22. The molecule has 0 saturated heterocycles. The van der Waals surface area contributed by atoms with Gasteiger partial charge in [-0.25, -0.2) is 8.78 Å². The van der Waals surface area contributed by atoms with Crippen LogP contribution in [-0.2, 0) is 13.1 Å². The number of aryl methyl sites for hydroxylation is 1. The van der Waals surface area contributed by atoms with Gasteiger partial charge in [0.2, 0.25) is 0 Å². The molecule has 4 aromatic rings. The summed E-state index contributed by atoms with van der Waals surface area (Å²) < 4.78 is 30.9. The van der Waals surface area contributed by atoms with E-state index in [1.807, 2.05) is 19.9 Å². The lowest BCUT2D eigenvalue weighted by Gasteiger charge is -2.10. The van der Waals surface area contributed by atoms with E-state index in [9.17, 15) is 8.78 Å². The zero-order valence-corrected chi connectivity index (χ0v) is 19.5. The van der Waals surface area contributed by atoms with Crippen LogP contribution in [0.2, 0.25) is 5.02 Å². The van der Waals surface area contributed by atoms with E-state index >= 15 is 0 Å². The predicted molar refractivity (Wildman–Crippen MR) is 130 cm³/mol. The molecule has 0 bridgehead atoms. The molecule has 0 saturated carbocycles. The van der Waals surface area contributed by atoms with Gasteiger partial charge in [-0.05, 0) is 55.9 Å². The first kappa shape index (κ1) is 22.9. The second-order valence-electron chi connectivity index (χ2n) is 7.51. The Morgan fingerprint density at radius 2 is 1.82 bits per heavy atom. The van der Waals surface area contributed by atoms with Crippen molar-refractivity contribution in [3.63, 3.8) is 0 Å². The van der Waals surface area contributed by atoms with Crippen LogP contribution in [0.15, 0.2) is 54.7 Å². The Morgan fingerprint density at radius 3 is 2.58 bits per heavy atom. The highest BCUT2D eigenvalue weighted by molar-refractivity contribution is 7.80. The highest BCUT2D eigenvalue weighted by atomic mass is 35.5. The summed E-state index contributed by atoms with van der Waals surface area (Å²) in [6.07, 6.45) is 1.71. The summed E-state index contributed by atoms with van der Waals surface area (Å²) in [5.41, 5.74) is 3.56. The summed E-state index contributed by atoms with van der Waals surface area (Å²) >= 11 is 11.5. The van der Waals surface area contributed by atoms with Gasteiger partial charge in [0.15, 0.2) is 10.9 Å². The molecule has 0 unspecified atom stereocenters. The van der Waals surface area contributed by atoms with Crippen molar-refractivity contribution in [1.29, 1.82) is 0 Å². The molecule has 2 aromatic heterocycles. The summed E-state index contributed by atoms with van der Waals surface area (Å²) in [7, 11) is 0. The third-order valence-corrected chi connectivity index (χ3v) is 5.66. The van der Waals surface area contributed by atoms with E-state index in [-0.39, 0.29) is 18.2 Å².